The van der Waals surface area contributed by atoms with Crippen molar-refractivity contribution in [2.24, 2.45) is 5.92 Å². The standard InChI is InChI=1S/C8H12O4/c1-2-7(9)12-5-6-3-4-11-8(6)10/h6H,2-5H2,1H3. The first-order valence-corrected chi connectivity index (χ1v) is 4.06. The summed E-state index contributed by atoms with van der Waals surface area (Å²) in [6.45, 7) is 2.34. The van der Waals surface area contributed by atoms with Gasteiger partial charge in [0, 0.05) is 6.42 Å². The van der Waals surface area contributed by atoms with Crippen LogP contribution in [0.5, 0.6) is 0 Å². The van der Waals surface area contributed by atoms with E-state index >= 15 is 0 Å². The van der Waals surface area contributed by atoms with E-state index in [1.54, 1.807) is 6.92 Å². The number of carbonyl (C=O) groups is 2. The van der Waals surface area contributed by atoms with Gasteiger partial charge < -0.3 is 9.47 Å². The van der Waals surface area contributed by atoms with Gasteiger partial charge in [-0.1, -0.05) is 6.92 Å². The molecule has 0 aromatic carbocycles. The van der Waals surface area contributed by atoms with Gasteiger partial charge >= 0.3 is 11.9 Å². The van der Waals surface area contributed by atoms with Crippen molar-refractivity contribution < 1.29 is 19.1 Å². The van der Waals surface area contributed by atoms with Crippen LogP contribution >= 0.6 is 0 Å². The highest BCUT2D eigenvalue weighted by molar-refractivity contribution is 5.75. The zero-order valence-corrected chi connectivity index (χ0v) is 7.04. The van der Waals surface area contributed by atoms with Gasteiger partial charge in [-0.3, -0.25) is 9.59 Å². The second-order valence-electron chi connectivity index (χ2n) is 2.69. The minimum atomic E-state index is -0.269. The van der Waals surface area contributed by atoms with Gasteiger partial charge in [0.25, 0.3) is 0 Å². The maximum atomic E-state index is 10.9. The number of cyclic esters (lactones) is 1. The van der Waals surface area contributed by atoms with Crippen LogP contribution in [0.2, 0.25) is 0 Å². The molecular weight excluding hydrogens is 160 g/mol. The van der Waals surface area contributed by atoms with Gasteiger partial charge in [-0.25, -0.2) is 0 Å². The average Bonchev–Trinajstić information content (AvgIpc) is 2.47. The lowest BCUT2D eigenvalue weighted by Crippen LogP contribution is -2.17. The Bertz CT molecular complexity index is 187. The number of esters is 2. The summed E-state index contributed by atoms with van der Waals surface area (Å²) < 4.78 is 9.51. The number of ether oxygens (including phenoxy) is 2. The smallest absolute Gasteiger partial charge is 0.312 e. The number of hydrogen-bond acceptors (Lipinski definition) is 4. The SMILES string of the molecule is CCC(=O)OCC1CCOC1=O. The van der Waals surface area contributed by atoms with Gasteiger partial charge in [0.2, 0.25) is 0 Å². The Morgan fingerprint density at radius 1 is 1.75 bits per heavy atom. The Balaban J connectivity index is 2.22. The molecule has 4 heteroatoms. The van der Waals surface area contributed by atoms with Crippen LogP contribution in [-0.2, 0) is 19.1 Å². The Morgan fingerprint density at radius 2 is 2.50 bits per heavy atom. The third kappa shape index (κ3) is 2.22. The highest BCUT2D eigenvalue weighted by atomic mass is 16.6. The fourth-order valence-corrected chi connectivity index (χ4v) is 0.984. The van der Waals surface area contributed by atoms with E-state index in [0.717, 1.165) is 0 Å². The maximum absolute atomic E-state index is 10.9. The van der Waals surface area contributed by atoms with E-state index in [0.29, 0.717) is 19.4 Å². The van der Waals surface area contributed by atoms with Crippen LogP contribution in [0.15, 0.2) is 0 Å². The summed E-state index contributed by atoms with van der Waals surface area (Å²) in [6, 6.07) is 0. The van der Waals surface area contributed by atoms with Crippen LogP contribution < -0.4 is 0 Å². The predicted molar refractivity (Wildman–Crippen MR) is 40.3 cm³/mol. The fraction of sp³-hybridized carbons (Fsp3) is 0.750. The largest absolute Gasteiger partial charge is 0.465 e. The molecule has 0 aromatic rings. The Kier molecular flexibility index (Phi) is 3.08. The summed E-state index contributed by atoms with van der Waals surface area (Å²) in [5, 5.41) is 0. The zero-order chi connectivity index (χ0) is 8.97. The van der Waals surface area contributed by atoms with Crippen LogP contribution in [0.3, 0.4) is 0 Å². The predicted octanol–water partition coefficient (Wildman–Crippen LogP) is 0.503. The summed E-state index contributed by atoms with van der Waals surface area (Å²) in [4.78, 5) is 21.6. The lowest BCUT2D eigenvalue weighted by Gasteiger charge is -2.05. The second kappa shape index (κ2) is 4.09. The molecule has 0 aromatic heterocycles. The molecule has 1 rings (SSSR count). The minimum absolute atomic E-state index is 0.172. The molecule has 0 radical (unpaired) electrons. The molecule has 0 N–H and O–H groups in total. The van der Waals surface area contributed by atoms with Gasteiger partial charge in [-0.05, 0) is 6.42 Å². The molecule has 1 aliphatic rings. The van der Waals surface area contributed by atoms with E-state index < -0.39 is 0 Å². The minimum Gasteiger partial charge on any atom is -0.465 e. The summed E-state index contributed by atoms with van der Waals surface area (Å²) in [7, 11) is 0. The maximum Gasteiger partial charge on any atom is 0.312 e. The van der Waals surface area contributed by atoms with E-state index in [2.05, 4.69) is 0 Å². The van der Waals surface area contributed by atoms with Crippen molar-refractivity contribution in [1.82, 2.24) is 0 Å². The van der Waals surface area contributed by atoms with Crippen molar-refractivity contribution in [3.05, 3.63) is 0 Å². The molecule has 0 aliphatic carbocycles. The number of rotatable bonds is 3. The fourth-order valence-electron chi connectivity index (χ4n) is 0.984. The van der Waals surface area contributed by atoms with Crippen molar-refractivity contribution in [1.29, 1.82) is 0 Å². The molecule has 1 unspecified atom stereocenters. The molecule has 12 heavy (non-hydrogen) atoms. The quantitative estimate of drug-likeness (QED) is 0.582. The van der Waals surface area contributed by atoms with Gasteiger partial charge in [0.05, 0.1) is 12.5 Å². The highest BCUT2D eigenvalue weighted by Gasteiger charge is 2.27. The van der Waals surface area contributed by atoms with Gasteiger partial charge in [-0.2, -0.15) is 0 Å². The van der Waals surface area contributed by atoms with Crippen LogP contribution in [0.4, 0.5) is 0 Å². The Hall–Kier alpha value is -1.06. The van der Waals surface area contributed by atoms with Crippen LogP contribution in [0.1, 0.15) is 19.8 Å². The van der Waals surface area contributed by atoms with Crippen molar-refractivity contribution in [2.75, 3.05) is 13.2 Å². The Morgan fingerprint density at radius 3 is 3.00 bits per heavy atom. The van der Waals surface area contributed by atoms with Crippen molar-refractivity contribution in [3.63, 3.8) is 0 Å². The molecule has 1 atom stereocenters. The zero-order valence-electron chi connectivity index (χ0n) is 7.04. The van der Waals surface area contributed by atoms with Crippen LogP contribution in [-0.4, -0.2) is 25.2 Å². The first-order chi connectivity index (χ1) is 5.74. The molecule has 1 saturated heterocycles. The molecule has 0 spiro atoms. The first-order valence-electron chi connectivity index (χ1n) is 4.06. The first kappa shape index (κ1) is 9.03. The molecule has 0 saturated carbocycles. The molecular formula is C8H12O4. The lowest BCUT2D eigenvalue weighted by molar-refractivity contribution is -0.149. The van der Waals surface area contributed by atoms with E-state index in [-0.39, 0.29) is 24.5 Å². The second-order valence-corrected chi connectivity index (χ2v) is 2.69. The monoisotopic (exact) mass is 172 g/mol. The average molecular weight is 172 g/mol. The van der Waals surface area contributed by atoms with Crippen molar-refractivity contribution in [2.45, 2.75) is 19.8 Å². The summed E-state index contributed by atoms with van der Waals surface area (Å²) in [5.74, 6) is -0.755. The normalized spacial score (nSPS) is 22.1. The lowest BCUT2D eigenvalue weighted by atomic mass is 10.1. The van der Waals surface area contributed by atoms with E-state index in [1.807, 2.05) is 0 Å². The molecule has 4 nitrogen and oxygen atoms in total. The Labute approximate surface area is 70.8 Å². The topological polar surface area (TPSA) is 52.6 Å². The number of hydrogen-bond donors (Lipinski definition) is 0. The third-order valence-electron chi connectivity index (χ3n) is 1.78. The number of carbonyl (C=O) groups excluding carboxylic acids is 2. The summed E-state index contributed by atoms with van der Waals surface area (Å²) in [5.41, 5.74) is 0. The molecule has 1 fully saturated rings. The van der Waals surface area contributed by atoms with Crippen molar-refractivity contribution >= 4 is 11.9 Å². The van der Waals surface area contributed by atoms with E-state index in [4.69, 9.17) is 9.47 Å². The molecule has 1 heterocycles. The third-order valence-corrected chi connectivity index (χ3v) is 1.78. The molecule has 0 amide bonds. The molecule has 68 valence electrons. The molecule has 0 bridgehead atoms. The van der Waals surface area contributed by atoms with Crippen LogP contribution in [0.25, 0.3) is 0 Å². The molecule has 1 aliphatic heterocycles. The highest BCUT2D eigenvalue weighted by Crippen LogP contribution is 2.14. The van der Waals surface area contributed by atoms with E-state index in [1.165, 1.54) is 0 Å². The van der Waals surface area contributed by atoms with Gasteiger partial charge in [0.15, 0.2) is 0 Å². The van der Waals surface area contributed by atoms with E-state index in [9.17, 15) is 9.59 Å². The van der Waals surface area contributed by atoms with Gasteiger partial charge in [-0.15, -0.1) is 0 Å². The van der Waals surface area contributed by atoms with Crippen LogP contribution in [0, 0.1) is 5.92 Å². The summed E-state index contributed by atoms with van der Waals surface area (Å²) in [6.07, 6.45) is 1.01. The summed E-state index contributed by atoms with van der Waals surface area (Å²) >= 11 is 0. The van der Waals surface area contributed by atoms with Crippen molar-refractivity contribution in [3.8, 4) is 0 Å². The van der Waals surface area contributed by atoms with Gasteiger partial charge in [0.1, 0.15) is 6.61 Å².